The van der Waals surface area contributed by atoms with E-state index in [0.29, 0.717) is 18.7 Å². The fraction of sp³-hybridized carbons (Fsp3) is 0.167. The lowest BCUT2D eigenvalue weighted by molar-refractivity contribution is 0.0958. The first-order chi connectivity index (χ1) is 10.7. The molecule has 2 aromatic rings. The van der Waals surface area contributed by atoms with Gasteiger partial charge >= 0.3 is 0 Å². The van der Waals surface area contributed by atoms with Crippen molar-refractivity contribution in [3.63, 3.8) is 0 Å². The molecule has 2 aromatic carbocycles. The number of nitrogens with one attached hydrogen (secondary N) is 1. The van der Waals surface area contributed by atoms with E-state index in [1.165, 1.54) is 0 Å². The minimum atomic E-state index is -0.112. The Morgan fingerprint density at radius 1 is 1.14 bits per heavy atom. The normalized spacial score (nSPS) is 9.55. The van der Waals surface area contributed by atoms with E-state index in [0.717, 1.165) is 14.9 Å². The van der Waals surface area contributed by atoms with Crippen LogP contribution in [-0.2, 0) is 0 Å². The fourth-order valence-electron chi connectivity index (χ4n) is 1.81. The van der Waals surface area contributed by atoms with Crippen LogP contribution >= 0.6 is 22.6 Å². The number of para-hydroxylation sites is 1. The van der Waals surface area contributed by atoms with Gasteiger partial charge in [0.05, 0.1) is 12.1 Å². The fourth-order valence-corrected chi connectivity index (χ4v) is 2.44. The summed E-state index contributed by atoms with van der Waals surface area (Å²) < 4.78 is 6.48. The van der Waals surface area contributed by atoms with Gasteiger partial charge in [0.15, 0.2) is 0 Å². The Kier molecular flexibility index (Phi) is 6.28. The van der Waals surface area contributed by atoms with Crippen LogP contribution in [0.4, 0.5) is 0 Å². The summed E-state index contributed by atoms with van der Waals surface area (Å²) in [5, 5.41) is 2.78. The Labute approximate surface area is 144 Å². The minimum Gasteiger partial charge on any atom is -0.481 e. The highest BCUT2D eigenvalue weighted by Gasteiger charge is 2.06. The Balaban J connectivity index is 1.77. The zero-order valence-corrected chi connectivity index (χ0v) is 14.4. The Morgan fingerprint density at radius 2 is 1.86 bits per heavy atom. The average molecular weight is 405 g/mol. The lowest BCUT2D eigenvalue weighted by atomic mass is 10.2. The van der Waals surface area contributed by atoms with Crippen LogP contribution in [0.2, 0.25) is 0 Å². The molecule has 0 atom stereocenters. The van der Waals surface area contributed by atoms with E-state index in [9.17, 15) is 4.79 Å². The molecule has 1 N–H and O–H groups in total. The number of amides is 1. The van der Waals surface area contributed by atoms with E-state index < -0.39 is 0 Å². The van der Waals surface area contributed by atoms with E-state index in [2.05, 4.69) is 39.7 Å². The molecular formula is C18H16INO2. The van der Waals surface area contributed by atoms with Crippen molar-refractivity contribution in [1.29, 1.82) is 0 Å². The van der Waals surface area contributed by atoms with E-state index in [1.54, 1.807) is 6.07 Å². The van der Waals surface area contributed by atoms with Gasteiger partial charge in [0, 0.05) is 3.57 Å². The predicted octanol–water partition coefficient (Wildman–Crippen LogP) is 3.41. The molecule has 0 radical (unpaired) electrons. The van der Waals surface area contributed by atoms with Gasteiger partial charge in [-0.3, -0.25) is 4.79 Å². The highest BCUT2D eigenvalue weighted by atomic mass is 127. The summed E-state index contributed by atoms with van der Waals surface area (Å²) in [6.45, 7) is 2.61. The maximum absolute atomic E-state index is 11.9. The molecule has 0 aromatic heterocycles. The average Bonchev–Trinajstić information content (AvgIpc) is 2.52. The second kappa shape index (κ2) is 8.44. The molecule has 22 heavy (non-hydrogen) atoms. The lowest BCUT2D eigenvalue weighted by Gasteiger charge is -2.05. The number of carbonyl (C=O) groups excluding carboxylic acids is 1. The van der Waals surface area contributed by atoms with Gasteiger partial charge in [-0.15, -0.1) is 0 Å². The number of ether oxygens (including phenoxy) is 1. The number of benzene rings is 2. The van der Waals surface area contributed by atoms with Crippen molar-refractivity contribution >= 4 is 28.5 Å². The molecule has 4 heteroatoms. The van der Waals surface area contributed by atoms with Gasteiger partial charge in [0.25, 0.3) is 5.91 Å². The summed E-state index contributed by atoms with van der Waals surface area (Å²) in [5.41, 5.74) is 1.75. The van der Waals surface area contributed by atoms with Gasteiger partial charge in [-0.25, -0.2) is 0 Å². The number of carbonyl (C=O) groups is 1. The highest BCUT2D eigenvalue weighted by Crippen LogP contribution is 2.15. The highest BCUT2D eigenvalue weighted by molar-refractivity contribution is 14.1. The molecule has 1 amide bonds. The van der Waals surface area contributed by atoms with Crippen LogP contribution in [0.3, 0.4) is 0 Å². The summed E-state index contributed by atoms with van der Waals surface area (Å²) in [5.74, 6) is 6.50. The monoisotopic (exact) mass is 405 g/mol. The van der Waals surface area contributed by atoms with Gasteiger partial charge in [-0.05, 0) is 53.3 Å². The number of halogens is 1. The molecule has 0 unspecified atom stereocenters. The molecule has 112 valence electrons. The molecule has 0 aliphatic rings. The molecule has 0 saturated carbocycles. The largest absolute Gasteiger partial charge is 0.481 e. The maximum atomic E-state index is 11.9. The molecule has 0 spiro atoms. The lowest BCUT2D eigenvalue weighted by Crippen LogP contribution is -2.24. The Hall–Kier alpha value is -2.00. The summed E-state index contributed by atoms with van der Waals surface area (Å²) >= 11 is 2.14. The molecule has 0 fully saturated rings. The number of aryl methyl sites for hydroxylation is 1. The van der Waals surface area contributed by atoms with Crippen molar-refractivity contribution in [2.45, 2.75) is 6.92 Å². The molecule has 3 nitrogen and oxygen atoms in total. The van der Waals surface area contributed by atoms with Gasteiger partial charge in [0.2, 0.25) is 0 Å². The molecular weight excluding hydrogens is 389 g/mol. The van der Waals surface area contributed by atoms with Gasteiger partial charge < -0.3 is 10.1 Å². The number of hydrogen-bond donors (Lipinski definition) is 1. The SMILES string of the molecule is Cc1ccccc1OCC#CCNC(=O)c1ccccc1I. The Morgan fingerprint density at radius 3 is 2.64 bits per heavy atom. The van der Waals surface area contributed by atoms with E-state index >= 15 is 0 Å². The van der Waals surface area contributed by atoms with Gasteiger partial charge in [-0.2, -0.15) is 0 Å². The second-order valence-electron chi connectivity index (χ2n) is 4.57. The standard InChI is InChI=1S/C18H16INO2/c1-14-8-2-5-11-17(14)22-13-7-6-12-20-18(21)15-9-3-4-10-16(15)19/h2-5,8-11H,12-13H2,1H3,(H,20,21). The molecule has 0 bridgehead atoms. The van der Waals surface area contributed by atoms with Crippen LogP contribution < -0.4 is 10.1 Å². The minimum absolute atomic E-state index is 0.112. The van der Waals surface area contributed by atoms with Crippen molar-refractivity contribution in [3.8, 4) is 17.6 Å². The van der Waals surface area contributed by atoms with E-state index in [-0.39, 0.29) is 5.91 Å². The zero-order chi connectivity index (χ0) is 15.8. The third kappa shape index (κ3) is 4.78. The summed E-state index contributed by atoms with van der Waals surface area (Å²) in [6.07, 6.45) is 0. The predicted molar refractivity (Wildman–Crippen MR) is 95.9 cm³/mol. The molecule has 2 rings (SSSR count). The quantitative estimate of drug-likeness (QED) is 0.626. The summed E-state index contributed by atoms with van der Waals surface area (Å²) in [6, 6.07) is 15.2. The Bertz CT molecular complexity index is 716. The second-order valence-corrected chi connectivity index (χ2v) is 5.73. The van der Waals surface area contributed by atoms with Crippen molar-refractivity contribution in [2.75, 3.05) is 13.2 Å². The van der Waals surface area contributed by atoms with E-state index in [1.807, 2.05) is 49.4 Å². The molecule has 0 aliphatic carbocycles. The number of rotatable bonds is 4. The van der Waals surface area contributed by atoms with Gasteiger partial charge in [0.1, 0.15) is 12.4 Å². The number of hydrogen-bond acceptors (Lipinski definition) is 2. The summed E-state index contributed by atoms with van der Waals surface area (Å²) in [7, 11) is 0. The first kappa shape index (κ1) is 16.4. The van der Waals surface area contributed by atoms with Crippen molar-refractivity contribution in [1.82, 2.24) is 5.32 Å². The molecule has 0 heterocycles. The van der Waals surface area contributed by atoms with Crippen molar-refractivity contribution < 1.29 is 9.53 Å². The van der Waals surface area contributed by atoms with Crippen LogP contribution in [0.15, 0.2) is 48.5 Å². The first-order valence-corrected chi connectivity index (χ1v) is 7.93. The molecule has 0 aliphatic heterocycles. The summed E-state index contributed by atoms with van der Waals surface area (Å²) in [4.78, 5) is 11.9. The van der Waals surface area contributed by atoms with Crippen LogP contribution in [0, 0.1) is 22.3 Å². The van der Waals surface area contributed by atoms with Crippen LogP contribution in [-0.4, -0.2) is 19.1 Å². The first-order valence-electron chi connectivity index (χ1n) is 6.85. The van der Waals surface area contributed by atoms with Crippen molar-refractivity contribution in [2.24, 2.45) is 0 Å². The zero-order valence-electron chi connectivity index (χ0n) is 12.2. The topological polar surface area (TPSA) is 38.3 Å². The van der Waals surface area contributed by atoms with Crippen LogP contribution in [0.25, 0.3) is 0 Å². The van der Waals surface area contributed by atoms with Crippen LogP contribution in [0.1, 0.15) is 15.9 Å². The van der Waals surface area contributed by atoms with Crippen molar-refractivity contribution in [3.05, 3.63) is 63.2 Å². The molecule has 0 saturated heterocycles. The van der Waals surface area contributed by atoms with Crippen LogP contribution in [0.5, 0.6) is 5.75 Å². The third-order valence-electron chi connectivity index (χ3n) is 2.97. The third-order valence-corrected chi connectivity index (χ3v) is 3.91. The van der Waals surface area contributed by atoms with E-state index in [4.69, 9.17) is 4.74 Å². The smallest absolute Gasteiger partial charge is 0.253 e. The van der Waals surface area contributed by atoms with Gasteiger partial charge in [-0.1, -0.05) is 42.2 Å². The maximum Gasteiger partial charge on any atom is 0.253 e.